The smallest absolute Gasteiger partial charge is 0.133 e. The first kappa shape index (κ1) is 12.3. The van der Waals surface area contributed by atoms with Crippen molar-refractivity contribution in [3.63, 3.8) is 0 Å². The van der Waals surface area contributed by atoms with Gasteiger partial charge in [-0.05, 0) is 51.8 Å². The molecule has 19 heavy (non-hydrogen) atoms. The fraction of sp³-hybridized carbons (Fsp3) is 0.125. The number of aryl methyl sites for hydroxylation is 1. The predicted octanol–water partition coefficient (Wildman–Crippen LogP) is 4.62. The Morgan fingerprint density at radius 1 is 1.05 bits per heavy atom. The van der Waals surface area contributed by atoms with E-state index in [0.717, 1.165) is 10.2 Å². The molecule has 0 fully saturated rings. The maximum atomic E-state index is 5.27. The van der Waals surface area contributed by atoms with Gasteiger partial charge in [0.1, 0.15) is 5.75 Å². The predicted molar refractivity (Wildman–Crippen MR) is 82.6 cm³/mol. The van der Waals surface area contributed by atoms with Gasteiger partial charge in [-0.3, -0.25) is 0 Å². The summed E-state index contributed by atoms with van der Waals surface area (Å²) in [6, 6.07) is 16.8. The molecule has 0 radical (unpaired) electrons. The van der Waals surface area contributed by atoms with Crippen LogP contribution in [0.15, 0.2) is 53.0 Å². The largest absolute Gasteiger partial charge is 0.496 e. The molecule has 1 aromatic heterocycles. The number of benzene rings is 2. The average molecular weight is 316 g/mol. The minimum atomic E-state index is 0.850. The minimum absolute atomic E-state index is 0.850. The topological polar surface area (TPSA) is 14.2 Å². The highest BCUT2D eigenvalue weighted by Crippen LogP contribution is 2.32. The van der Waals surface area contributed by atoms with E-state index in [4.69, 9.17) is 4.74 Å². The van der Waals surface area contributed by atoms with E-state index < -0.39 is 0 Å². The molecule has 1 heterocycles. The second-order valence-corrected chi connectivity index (χ2v) is 5.35. The van der Waals surface area contributed by atoms with Crippen LogP contribution in [0.2, 0.25) is 0 Å². The van der Waals surface area contributed by atoms with Crippen molar-refractivity contribution in [2.24, 2.45) is 7.05 Å². The third-order valence-corrected chi connectivity index (χ3v) is 4.02. The number of halogens is 1. The van der Waals surface area contributed by atoms with E-state index in [0.29, 0.717) is 0 Å². The first-order valence-corrected chi connectivity index (χ1v) is 6.88. The molecular formula is C16H14BrNO. The molecule has 0 atom stereocenters. The molecule has 0 aliphatic rings. The number of rotatable bonds is 2. The summed E-state index contributed by atoms with van der Waals surface area (Å²) in [6.07, 6.45) is 0. The Kier molecular flexibility index (Phi) is 3.07. The summed E-state index contributed by atoms with van der Waals surface area (Å²) in [4.78, 5) is 0. The number of fused-ring (bicyclic) bond motifs is 1. The Labute approximate surface area is 120 Å². The Morgan fingerprint density at radius 3 is 2.53 bits per heavy atom. The van der Waals surface area contributed by atoms with Crippen LogP contribution in [0.1, 0.15) is 0 Å². The van der Waals surface area contributed by atoms with Gasteiger partial charge in [0.25, 0.3) is 0 Å². The van der Waals surface area contributed by atoms with Gasteiger partial charge >= 0.3 is 0 Å². The summed E-state index contributed by atoms with van der Waals surface area (Å²) in [6.45, 7) is 0. The van der Waals surface area contributed by atoms with Crippen LogP contribution in [-0.2, 0) is 7.05 Å². The summed E-state index contributed by atoms with van der Waals surface area (Å²) >= 11 is 3.54. The van der Waals surface area contributed by atoms with Crippen molar-refractivity contribution in [2.45, 2.75) is 0 Å². The lowest BCUT2D eigenvalue weighted by Gasteiger charge is -2.08. The molecule has 96 valence electrons. The van der Waals surface area contributed by atoms with Crippen molar-refractivity contribution in [1.29, 1.82) is 0 Å². The van der Waals surface area contributed by atoms with Crippen LogP contribution in [0.4, 0.5) is 0 Å². The van der Waals surface area contributed by atoms with E-state index in [-0.39, 0.29) is 0 Å². The molecule has 3 aromatic rings. The first-order chi connectivity index (χ1) is 9.20. The quantitative estimate of drug-likeness (QED) is 0.673. The lowest BCUT2D eigenvalue weighted by Crippen LogP contribution is -1.92. The summed E-state index contributed by atoms with van der Waals surface area (Å²) in [5.74, 6) is 0.850. The maximum Gasteiger partial charge on any atom is 0.133 e. The van der Waals surface area contributed by atoms with E-state index in [1.807, 2.05) is 6.07 Å². The molecule has 3 heteroatoms. The molecule has 0 saturated heterocycles. The van der Waals surface area contributed by atoms with Gasteiger partial charge in [0.15, 0.2) is 0 Å². The number of para-hydroxylation sites is 1. The number of hydrogen-bond donors (Lipinski definition) is 0. The highest BCUT2D eigenvalue weighted by atomic mass is 79.9. The third kappa shape index (κ3) is 2.04. The Balaban J connectivity index is 2.19. The highest BCUT2D eigenvalue weighted by Gasteiger charge is 2.09. The van der Waals surface area contributed by atoms with Crippen LogP contribution in [0.25, 0.3) is 22.2 Å². The molecule has 0 bridgehead atoms. The fourth-order valence-corrected chi connectivity index (χ4v) is 2.93. The molecule has 0 amide bonds. The van der Waals surface area contributed by atoms with Crippen LogP contribution in [0.5, 0.6) is 5.75 Å². The van der Waals surface area contributed by atoms with Gasteiger partial charge in [-0.25, -0.2) is 0 Å². The molecular weight excluding hydrogens is 302 g/mol. The van der Waals surface area contributed by atoms with Crippen molar-refractivity contribution in [2.75, 3.05) is 7.11 Å². The number of methoxy groups -OCH3 is 1. The fourth-order valence-electron chi connectivity index (χ4n) is 2.39. The zero-order valence-electron chi connectivity index (χ0n) is 10.9. The van der Waals surface area contributed by atoms with Crippen LogP contribution in [0, 0.1) is 0 Å². The Bertz CT molecular complexity index is 746. The lowest BCUT2D eigenvalue weighted by molar-refractivity contribution is 0.412. The van der Waals surface area contributed by atoms with Crippen molar-refractivity contribution >= 4 is 26.8 Å². The second kappa shape index (κ2) is 4.74. The monoisotopic (exact) mass is 315 g/mol. The Morgan fingerprint density at radius 2 is 1.84 bits per heavy atom. The molecule has 2 nitrogen and oxygen atoms in total. The number of nitrogens with zero attached hydrogens (tertiary/aromatic N) is 1. The van der Waals surface area contributed by atoms with Gasteiger partial charge in [0.2, 0.25) is 0 Å². The van der Waals surface area contributed by atoms with E-state index in [1.54, 1.807) is 7.11 Å². The van der Waals surface area contributed by atoms with Gasteiger partial charge in [-0.1, -0.05) is 18.2 Å². The highest BCUT2D eigenvalue weighted by molar-refractivity contribution is 9.10. The summed E-state index contributed by atoms with van der Waals surface area (Å²) in [5.41, 5.74) is 3.61. The number of aromatic nitrogens is 1. The third-order valence-electron chi connectivity index (χ3n) is 3.40. The summed E-state index contributed by atoms with van der Waals surface area (Å²) in [7, 11) is 3.77. The molecule has 0 N–H and O–H groups in total. The maximum absolute atomic E-state index is 5.27. The Hall–Kier alpha value is -1.74. The molecule has 0 spiro atoms. The molecule has 0 aliphatic heterocycles. The zero-order valence-corrected chi connectivity index (χ0v) is 12.4. The van der Waals surface area contributed by atoms with Crippen molar-refractivity contribution in [1.82, 2.24) is 4.57 Å². The van der Waals surface area contributed by atoms with Crippen molar-refractivity contribution in [3.8, 4) is 17.0 Å². The molecule has 3 rings (SSSR count). The van der Waals surface area contributed by atoms with Crippen LogP contribution < -0.4 is 4.74 Å². The van der Waals surface area contributed by atoms with Gasteiger partial charge in [-0.2, -0.15) is 0 Å². The molecule has 0 aliphatic carbocycles. The van der Waals surface area contributed by atoms with Crippen LogP contribution in [0.3, 0.4) is 0 Å². The molecule has 2 aromatic carbocycles. The average Bonchev–Trinajstić information content (AvgIpc) is 2.77. The zero-order chi connectivity index (χ0) is 13.4. The normalized spacial score (nSPS) is 10.9. The lowest BCUT2D eigenvalue weighted by atomic mass is 10.1. The SMILES string of the molecule is COc1ccc(-c2cc3ccccc3n2C)cc1Br. The van der Waals surface area contributed by atoms with Gasteiger partial charge in [0.05, 0.1) is 11.6 Å². The van der Waals surface area contributed by atoms with Crippen LogP contribution in [-0.4, -0.2) is 11.7 Å². The minimum Gasteiger partial charge on any atom is -0.496 e. The standard InChI is InChI=1S/C16H14BrNO/c1-18-14-6-4-3-5-11(14)10-15(18)12-7-8-16(19-2)13(17)9-12/h3-10H,1-2H3. The van der Waals surface area contributed by atoms with Gasteiger partial charge in [0, 0.05) is 23.6 Å². The summed E-state index contributed by atoms with van der Waals surface area (Å²) in [5, 5.41) is 1.26. The van der Waals surface area contributed by atoms with Crippen molar-refractivity contribution in [3.05, 3.63) is 53.0 Å². The van der Waals surface area contributed by atoms with E-state index in [9.17, 15) is 0 Å². The first-order valence-electron chi connectivity index (χ1n) is 6.09. The molecule has 0 unspecified atom stereocenters. The van der Waals surface area contributed by atoms with Crippen LogP contribution >= 0.6 is 15.9 Å². The van der Waals surface area contributed by atoms with E-state index in [2.05, 4.69) is 70.0 Å². The van der Waals surface area contributed by atoms with Gasteiger partial charge in [-0.15, -0.1) is 0 Å². The van der Waals surface area contributed by atoms with E-state index in [1.165, 1.54) is 22.2 Å². The van der Waals surface area contributed by atoms with Crippen molar-refractivity contribution < 1.29 is 4.74 Å². The number of ether oxygens (including phenoxy) is 1. The number of hydrogen-bond acceptors (Lipinski definition) is 1. The summed E-state index contributed by atoms with van der Waals surface area (Å²) < 4.78 is 8.45. The van der Waals surface area contributed by atoms with E-state index >= 15 is 0 Å². The molecule has 0 saturated carbocycles. The van der Waals surface area contributed by atoms with Gasteiger partial charge < -0.3 is 9.30 Å². The second-order valence-electron chi connectivity index (χ2n) is 4.50.